The van der Waals surface area contributed by atoms with Crippen molar-refractivity contribution in [1.82, 2.24) is 0 Å². The van der Waals surface area contributed by atoms with Crippen molar-refractivity contribution in [3.63, 3.8) is 0 Å². The number of thioether (sulfide) groups is 1. The lowest BCUT2D eigenvalue weighted by molar-refractivity contribution is -0.113. The van der Waals surface area contributed by atoms with Crippen LogP contribution in [-0.2, 0) is 4.79 Å². The Hall–Kier alpha value is -2.13. The van der Waals surface area contributed by atoms with Crippen LogP contribution < -0.4 is 0 Å². The highest BCUT2D eigenvalue weighted by molar-refractivity contribution is 7.99. The minimum Gasteiger partial charge on any atom is -0.510 e. The quantitative estimate of drug-likeness (QED) is 0.280. The van der Waals surface area contributed by atoms with Crippen LogP contribution in [0.25, 0.3) is 0 Å². The highest BCUT2D eigenvalue weighted by atomic mass is 32.2. The minimum atomic E-state index is -0.344. The molecule has 0 atom stereocenters. The van der Waals surface area contributed by atoms with Gasteiger partial charge in [-0.05, 0) is 19.1 Å². The number of nitriles is 1. The minimum absolute atomic E-state index is 0.0539. The molecule has 0 aliphatic carbocycles. The first kappa shape index (κ1) is 15.9. The third kappa shape index (κ3) is 4.86. The van der Waals surface area contributed by atoms with Gasteiger partial charge in [-0.2, -0.15) is 5.26 Å². The number of ketones is 1. The monoisotopic (exact) mass is 289 g/mol. The molecule has 0 aromatic heterocycles. The van der Waals surface area contributed by atoms with Crippen LogP contribution in [0.3, 0.4) is 0 Å². The van der Waals surface area contributed by atoms with Crippen LogP contribution in [0.2, 0.25) is 0 Å². The first-order valence-electron chi connectivity index (χ1n) is 5.97. The molecule has 0 amide bonds. The maximum atomic E-state index is 11.3. The van der Waals surface area contributed by atoms with Gasteiger partial charge in [-0.1, -0.05) is 12.1 Å². The average molecular weight is 289 g/mol. The van der Waals surface area contributed by atoms with Crippen LogP contribution in [0, 0.1) is 11.3 Å². The van der Waals surface area contributed by atoms with E-state index in [1.54, 1.807) is 6.07 Å². The van der Waals surface area contributed by atoms with Crippen LogP contribution in [0.4, 0.5) is 5.69 Å². The highest BCUT2D eigenvalue weighted by Gasteiger charge is 2.07. The van der Waals surface area contributed by atoms with Crippen molar-refractivity contribution in [3.05, 3.63) is 35.7 Å². The Kier molecular flexibility index (Phi) is 6.47. The van der Waals surface area contributed by atoms with Gasteiger partial charge in [-0.15, -0.1) is 22.0 Å². The van der Waals surface area contributed by atoms with E-state index >= 15 is 0 Å². The van der Waals surface area contributed by atoms with E-state index < -0.39 is 0 Å². The number of benzene rings is 1. The zero-order valence-electron chi connectivity index (χ0n) is 11.3. The molecule has 104 valence electrons. The van der Waals surface area contributed by atoms with E-state index in [0.29, 0.717) is 17.9 Å². The summed E-state index contributed by atoms with van der Waals surface area (Å²) in [6.45, 7) is 2.71. The maximum absolute atomic E-state index is 11.3. The Morgan fingerprint density at radius 3 is 2.70 bits per heavy atom. The van der Waals surface area contributed by atoms with Crippen LogP contribution in [0.1, 0.15) is 20.3 Å². The molecule has 1 rings (SSSR count). The average Bonchev–Trinajstić information content (AvgIpc) is 2.40. The van der Waals surface area contributed by atoms with Gasteiger partial charge in [0.25, 0.3) is 0 Å². The topological polar surface area (TPSA) is 85.8 Å². The fourth-order valence-corrected chi connectivity index (χ4v) is 2.21. The van der Waals surface area contributed by atoms with Crippen molar-refractivity contribution in [2.75, 3.05) is 5.75 Å². The summed E-state index contributed by atoms with van der Waals surface area (Å²) < 4.78 is 0. The molecule has 0 unspecified atom stereocenters. The van der Waals surface area contributed by atoms with Gasteiger partial charge in [0, 0.05) is 24.0 Å². The maximum Gasteiger partial charge on any atom is 0.183 e. The van der Waals surface area contributed by atoms with Crippen molar-refractivity contribution in [2.45, 2.75) is 25.2 Å². The van der Waals surface area contributed by atoms with E-state index in [1.807, 2.05) is 18.2 Å². The molecular formula is C14H15N3O2S. The zero-order valence-corrected chi connectivity index (χ0v) is 12.1. The Morgan fingerprint density at radius 2 is 2.10 bits per heavy atom. The number of aliphatic hydroxyl groups is 1. The van der Waals surface area contributed by atoms with Crippen molar-refractivity contribution < 1.29 is 9.90 Å². The van der Waals surface area contributed by atoms with Gasteiger partial charge < -0.3 is 5.11 Å². The van der Waals surface area contributed by atoms with E-state index in [1.165, 1.54) is 25.6 Å². The molecule has 5 nitrogen and oxygen atoms in total. The number of allylic oxidation sites excluding steroid dienone is 2. The Balaban J connectivity index is 2.95. The molecule has 6 heteroatoms. The molecule has 0 aliphatic heterocycles. The Bertz CT molecular complexity index is 584. The highest BCUT2D eigenvalue weighted by Crippen LogP contribution is 2.30. The fourth-order valence-electron chi connectivity index (χ4n) is 1.37. The number of carbonyl (C=O) groups is 1. The first-order chi connectivity index (χ1) is 9.56. The third-order valence-corrected chi connectivity index (χ3v) is 3.34. The molecule has 0 aliphatic rings. The van der Waals surface area contributed by atoms with E-state index in [2.05, 4.69) is 16.3 Å². The summed E-state index contributed by atoms with van der Waals surface area (Å²) in [6.07, 6.45) is 0.449. The van der Waals surface area contributed by atoms with E-state index in [9.17, 15) is 9.90 Å². The molecule has 0 saturated heterocycles. The molecule has 0 heterocycles. The predicted molar refractivity (Wildman–Crippen MR) is 77.9 cm³/mol. The van der Waals surface area contributed by atoms with Crippen molar-refractivity contribution in [3.8, 4) is 6.07 Å². The van der Waals surface area contributed by atoms with E-state index in [0.717, 1.165) is 4.90 Å². The number of Topliss-reactive ketones (excluding diaryl/α,β-unsaturated/α-hetero) is 1. The molecule has 1 N–H and O–H groups in total. The van der Waals surface area contributed by atoms with Crippen LogP contribution in [0.15, 0.2) is 50.8 Å². The lowest BCUT2D eigenvalue weighted by atomic mass is 10.3. The summed E-state index contributed by atoms with van der Waals surface area (Å²) in [4.78, 5) is 12.2. The molecule has 0 fully saturated rings. The Labute approximate surface area is 122 Å². The van der Waals surface area contributed by atoms with Crippen LogP contribution in [-0.4, -0.2) is 16.6 Å². The van der Waals surface area contributed by atoms with Crippen molar-refractivity contribution >= 4 is 23.2 Å². The number of hydrogen-bond acceptors (Lipinski definition) is 6. The molecular weight excluding hydrogens is 274 g/mol. The van der Waals surface area contributed by atoms with Gasteiger partial charge in [0.1, 0.15) is 5.76 Å². The zero-order chi connectivity index (χ0) is 15.0. The summed E-state index contributed by atoms with van der Waals surface area (Å²) in [5.41, 5.74) is 0.553. The van der Waals surface area contributed by atoms with Gasteiger partial charge in [0.15, 0.2) is 11.5 Å². The lowest BCUT2D eigenvalue weighted by Gasteiger charge is -2.03. The van der Waals surface area contributed by atoms with E-state index in [4.69, 9.17) is 5.26 Å². The Morgan fingerprint density at radius 1 is 1.40 bits per heavy atom. The number of azo groups is 1. The molecule has 20 heavy (non-hydrogen) atoms. The smallest absolute Gasteiger partial charge is 0.183 e. The number of hydrogen-bond donors (Lipinski definition) is 1. The van der Waals surface area contributed by atoms with Gasteiger partial charge in [-0.3, -0.25) is 4.79 Å². The number of aliphatic hydroxyl groups excluding tert-OH is 1. The summed E-state index contributed by atoms with van der Waals surface area (Å²) in [6, 6.07) is 9.40. The summed E-state index contributed by atoms with van der Waals surface area (Å²) >= 11 is 1.50. The molecule has 0 saturated carbocycles. The standard InChI is InChI=1S/C14H15N3O2S/c1-10(18)14(11(2)19)17-16-12-6-3-4-7-13(12)20-9-5-8-15/h3-4,6-7,18H,5,9H2,1-2H3/b14-10-,17-16?. The first-order valence-corrected chi connectivity index (χ1v) is 6.96. The normalized spacial score (nSPS) is 12.1. The molecule has 1 aromatic rings. The number of nitrogens with zero attached hydrogens (tertiary/aromatic N) is 3. The number of carbonyl (C=O) groups excluding carboxylic acids is 1. The summed E-state index contributed by atoms with van der Waals surface area (Å²) in [7, 11) is 0. The second-order valence-electron chi connectivity index (χ2n) is 3.91. The predicted octanol–water partition coefficient (Wildman–Crippen LogP) is 4.15. The molecule has 0 radical (unpaired) electrons. The molecule has 1 aromatic carbocycles. The van der Waals surface area contributed by atoms with Gasteiger partial charge in [0.05, 0.1) is 11.8 Å². The summed E-state index contributed by atoms with van der Waals surface area (Å²) in [5.74, 6) is 0.163. The van der Waals surface area contributed by atoms with Gasteiger partial charge in [-0.25, -0.2) is 0 Å². The van der Waals surface area contributed by atoms with Gasteiger partial charge >= 0.3 is 0 Å². The summed E-state index contributed by atoms with van der Waals surface area (Å²) in [5, 5.41) is 25.7. The number of rotatable bonds is 6. The second-order valence-corrected chi connectivity index (χ2v) is 5.05. The molecule has 0 spiro atoms. The van der Waals surface area contributed by atoms with Crippen LogP contribution in [0.5, 0.6) is 0 Å². The second kappa shape index (κ2) is 8.12. The van der Waals surface area contributed by atoms with Crippen molar-refractivity contribution in [1.29, 1.82) is 5.26 Å². The SMILES string of the molecule is CC(=O)/C(N=Nc1ccccc1SCCC#N)=C(\C)O. The van der Waals surface area contributed by atoms with E-state index in [-0.39, 0.29) is 17.2 Å². The van der Waals surface area contributed by atoms with Crippen molar-refractivity contribution in [2.24, 2.45) is 10.2 Å². The van der Waals surface area contributed by atoms with Gasteiger partial charge in [0.2, 0.25) is 0 Å². The lowest BCUT2D eigenvalue weighted by Crippen LogP contribution is -1.96. The largest absolute Gasteiger partial charge is 0.510 e. The molecule has 0 bridgehead atoms. The fraction of sp³-hybridized carbons (Fsp3) is 0.286. The third-order valence-electron chi connectivity index (χ3n) is 2.27. The van der Waals surface area contributed by atoms with Crippen LogP contribution >= 0.6 is 11.8 Å².